The van der Waals surface area contributed by atoms with Crippen LogP contribution in [0.4, 0.5) is 4.79 Å². The maximum Gasteiger partial charge on any atom is 0.407 e. The lowest BCUT2D eigenvalue weighted by Gasteiger charge is -2.29. The summed E-state index contributed by atoms with van der Waals surface area (Å²) in [6, 6.07) is 0.406. The number of hydrogen-bond donors (Lipinski definition) is 1. The number of nitrogens with zero attached hydrogens (tertiary/aromatic N) is 1. The van der Waals surface area contributed by atoms with Crippen molar-refractivity contribution < 1.29 is 19.1 Å². The number of hydrogen-bond acceptors (Lipinski definition) is 5. The van der Waals surface area contributed by atoms with E-state index in [4.69, 9.17) is 9.47 Å². The van der Waals surface area contributed by atoms with Crippen LogP contribution in [0.25, 0.3) is 0 Å². The van der Waals surface area contributed by atoms with Gasteiger partial charge in [0.1, 0.15) is 6.10 Å². The van der Waals surface area contributed by atoms with Crippen molar-refractivity contribution in [2.45, 2.75) is 37.8 Å². The second kappa shape index (κ2) is 6.04. The number of rotatable bonds is 5. The third-order valence-electron chi connectivity index (χ3n) is 3.59. The van der Waals surface area contributed by atoms with Crippen LogP contribution in [0.5, 0.6) is 0 Å². The minimum Gasteiger partial charge on any atom is -0.468 e. The van der Waals surface area contributed by atoms with Crippen molar-refractivity contribution in [1.29, 1.82) is 0 Å². The molecule has 1 saturated carbocycles. The van der Waals surface area contributed by atoms with E-state index >= 15 is 0 Å². The first-order valence-electron chi connectivity index (χ1n) is 6.44. The second-order valence-corrected chi connectivity index (χ2v) is 4.85. The Kier molecular flexibility index (Phi) is 4.41. The molecule has 1 aliphatic carbocycles. The van der Waals surface area contributed by atoms with E-state index in [0.29, 0.717) is 19.1 Å². The Hall–Kier alpha value is -1.30. The van der Waals surface area contributed by atoms with Crippen LogP contribution >= 0.6 is 0 Å². The molecular weight excluding hydrogens is 236 g/mol. The van der Waals surface area contributed by atoms with Gasteiger partial charge >= 0.3 is 12.1 Å². The van der Waals surface area contributed by atoms with E-state index in [-0.39, 0.29) is 24.7 Å². The monoisotopic (exact) mass is 256 g/mol. The van der Waals surface area contributed by atoms with Crippen LogP contribution in [-0.2, 0) is 14.3 Å². The normalized spacial score (nSPS) is 24.1. The zero-order chi connectivity index (χ0) is 13.0. The summed E-state index contributed by atoms with van der Waals surface area (Å²) in [4.78, 5) is 24.5. The maximum atomic E-state index is 11.4. The number of ether oxygens (including phenoxy) is 2. The van der Waals surface area contributed by atoms with Gasteiger partial charge in [0.15, 0.2) is 0 Å². The van der Waals surface area contributed by atoms with Crippen molar-refractivity contribution in [2.75, 3.05) is 26.7 Å². The number of methoxy groups -OCH3 is 1. The van der Waals surface area contributed by atoms with Gasteiger partial charge in [0, 0.05) is 12.6 Å². The summed E-state index contributed by atoms with van der Waals surface area (Å²) in [6.45, 7) is 1.39. The van der Waals surface area contributed by atoms with Crippen molar-refractivity contribution in [3.05, 3.63) is 0 Å². The van der Waals surface area contributed by atoms with E-state index in [2.05, 4.69) is 10.2 Å². The summed E-state index contributed by atoms with van der Waals surface area (Å²) >= 11 is 0. The van der Waals surface area contributed by atoms with Crippen LogP contribution in [0, 0.1) is 0 Å². The molecule has 1 atom stereocenters. The van der Waals surface area contributed by atoms with Gasteiger partial charge in [0.2, 0.25) is 0 Å². The van der Waals surface area contributed by atoms with Gasteiger partial charge in [0.25, 0.3) is 0 Å². The molecular formula is C12H20N2O4. The smallest absolute Gasteiger partial charge is 0.407 e. The fourth-order valence-electron chi connectivity index (χ4n) is 2.64. The van der Waals surface area contributed by atoms with E-state index in [1.165, 1.54) is 20.0 Å². The van der Waals surface area contributed by atoms with Crippen molar-refractivity contribution in [1.82, 2.24) is 10.2 Å². The van der Waals surface area contributed by atoms with E-state index in [0.717, 1.165) is 12.8 Å². The number of amides is 1. The molecule has 2 fully saturated rings. The summed E-state index contributed by atoms with van der Waals surface area (Å²) in [7, 11) is 1.40. The molecule has 0 spiro atoms. The van der Waals surface area contributed by atoms with Crippen LogP contribution in [0.3, 0.4) is 0 Å². The standard InChI is InChI=1S/C12H20N2O4/c1-17-11(15)8-14(9-4-2-3-5-9)7-10-6-13-12(16)18-10/h9-10H,2-8H2,1H3,(H,13,16). The fourth-order valence-corrected chi connectivity index (χ4v) is 2.64. The van der Waals surface area contributed by atoms with Crippen LogP contribution in [-0.4, -0.2) is 55.9 Å². The molecule has 0 radical (unpaired) electrons. The van der Waals surface area contributed by atoms with Gasteiger partial charge < -0.3 is 14.8 Å². The average Bonchev–Trinajstić information content (AvgIpc) is 2.99. The largest absolute Gasteiger partial charge is 0.468 e. The quantitative estimate of drug-likeness (QED) is 0.726. The van der Waals surface area contributed by atoms with E-state index < -0.39 is 0 Å². The number of carbonyl (C=O) groups is 2. The zero-order valence-electron chi connectivity index (χ0n) is 10.7. The Balaban J connectivity index is 1.90. The molecule has 0 aromatic heterocycles. The molecule has 6 nitrogen and oxygen atoms in total. The molecule has 1 aliphatic heterocycles. The van der Waals surface area contributed by atoms with Crippen molar-refractivity contribution in [2.24, 2.45) is 0 Å². The molecule has 1 N–H and O–H groups in total. The van der Waals surface area contributed by atoms with Crippen LogP contribution in [0.2, 0.25) is 0 Å². The lowest BCUT2D eigenvalue weighted by Crippen LogP contribution is -2.43. The SMILES string of the molecule is COC(=O)CN(CC1CNC(=O)O1)C1CCCC1. The van der Waals surface area contributed by atoms with Gasteiger partial charge in [-0.2, -0.15) is 0 Å². The maximum absolute atomic E-state index is 11.4. The fraction of sp³-hybridized carbons (Fsp3) is 0.833. The van der Waals surface area contributed by atoms with Gasteiger partial charge in [0.05, 0.1) is 20.2 Å². The van der Waals surface area contributed by atoms with Gasteiger partial charge in [-0.25, -0.2) is 4.79 Å². The summed E-state index contributed by atoms with van der Waals surface area (Å²) in [5.74, 6) is -0.237. The van der Waals surface area contributed by atoms with Gasteiger partial charge in [-0.05, 0) is 12.8 Å². The van der Waals surface area contributed by atoms with Crippen LogP contribution < -0.4 is 5.32 Å². The number of alkyl carbamates (subject to hydrolysis) is 1. The zero-order valence-corrected chi connectivity index (χ0v) is 10.7. The summed E-state index contributed by atoms with van der Waals surface area (Å²) in [5.41, 5.74) is 0. The lowest BCUT2D eigenvalue weighted by molar-refractivity contribution is -0.142. The average molecular weight is 256 g/mol. The van der Waals surface area contributed by atoms with Crippen LogP contribution in [0.1, 0.15) is 25.7 Å². The molecule has 0 bridgehead atoms. The van der Waals surface area contributed by atoms with E-state index in [1.54, 1.807) is 0 Å². The molecule has 0 aromatic rings. The summed E-state index contributed by atoms with van der Waals surface area (Å²) < 4.78 is 9.84. The number of cyclic esters (lactones) is 1. The first kappa shape index (κ1) is 13.1. The Labute approximate surface area is 107 Å². The molecule has 1 saturated heterocycles. The molecule has 0 aromatic carbocycles. The number of nitrogens with one attached hydrogen (secondary N) is 1. The third-order valence-corrected chi connectivity index (χ3v) is 3.59. The Bertz CT molecular complexity index is 315. The highest BCUT2D eigenvalue weighted by atomic mass is 16.6. The first-order valence-corrected chi connectivity index (χ1v) is 6.44. The first-order chi connectivity index (χ1) is 8.69. The lowest BCUT2D eigenvalue weighted by atomic mass is 10.2. The second-order valence-electron chi connectivity index (χ2n) is 4.85. The predicted octanol–water partition coefficient (Wildman–Crippen LogP) is 0.512. The van der Waals surface area contributed by atoms with E-state index in [9.17, 15) is 9.59 Å². The van der Waals surface area contributed by atoms with Crippen molar-refractivity contribution in [3.8, 4) is 0 Å². The summed E-state index contributed by atoms with van der Waals surface area (Å²) in [6.07, 6.45) is 4.07. The van der Waals surface area contributed by atoms with Crippen molar-refractivity contribution in [3.63, 3.8) is 0 Å². The molecule has 18 heavy (non-hydrogen) atoms. The highest BCUT2D eigenvalue weighted by Gasteiger charge is 2.30. The highest BCUT2D eigenvalue weighted by molar-refractivity contribution is 5.71. The number of carbonyl (C=O) groups excluding carboxylic acids is 2. The van der Waals surface area contributed by atoms with Gasteiger partial charge in [-0.15, -0.1) is 0 Å². The Morgan fingerprint density at radius 1 is 1.50 bits per heavy atom. The van der Waals surface area contributed by atoms with Gasteiger partial charge in [-0.1, -0.05) is 12.8 Å². The minimum atomic E-state index is -0.371. The predicted molar refractivity (Wildman–Crippen MR) is 64.1 cm³/mol. The summed E-state index contributed by atoms with van der Waals surface area (Å²) in [5, 5.41) is 2.63. The highest BCUT2D eigenvalue weighted by Crippen LogP contribution is 2.24. The third kappa shape index (κ3) is 3.35. The Morgan fingerprint density at radius 2 is 2.22 bits per heavy atom. The molecule has 2 rings (SSSR count). The topological polar surface area (TPSA) is 67.9 Å². The van der Waals surface area contributed by atoms with Crippen LogP contribution in [0.15, 0.2) is 0 Å². The Morgan fingerprint density at radius 3 is 2.78 bits per heavy atom. The molecule has 2 aliphatic rings. The molecule has 102 valence electrons. The molecule has 6 heteroatoms. The van der Waals surface area contributed by atoms with Crippen molar-refractivity contribution >= 4 is 12.1 Å². The van der Waals surface area contributed by atoms with E-state index in [1.807, 2.05) is 0 Å². The molecule has 1 unspecified atom stereocenters. The molecule has 1 heterocycles. The number of esters is 1. The minimum absolute atomic E-state index is 0.164. The molecule has 1 amide bonds. The van der Waals surface area contributed by atoms with Gasteiger partial charge in [-0.3, -0.25) is 9.69 Å².